The van der Waals surface area contributed by atoms with E-state index >= 15 is 0 Å². The summed E-state index contributed by atoms with van der Waals surface area (Å²) in [6.07, 6.45) is 1.19. The second kappa shape index (κ2) is 12.3. The standard InChI is InChI=1S/C34H32O7/c1-36-31-17-26(15-28-27(21-39-34(28)35)14-25-12-13-29-30(16-25)41-22-40-29)18-32(37-19-23-8-4-2-5-9-23)33(31)38-20-24-10-6-3-7-11-24/h2-13,16-18,27-28H,14-15,19-22H2,1H3. The van der Waals surface area contributed by atoms with Crippen molar-refractivity contribution >= 4 is 5.97 Å². The zero-order chi connectivity index (χ0) is 28.0. The Morgan fingerprint density at radius 2 is 1.37 bits per heavy atom. The van der Waals surface area contributed by atoms with Gasteiger partial charge < -0.3 is 28.4 Å². The van der Waals surface area contributed by atoms with Crippen LogP contribution < -0.4 is 23.7 Å². The van der Waals surface area contributed by atoms with E-state index in [1.54, 1.807) is 7.11 Å². The van der Waals surface area contributed by atoms with Crippen molar-refractivity contribution in [3.05, 3.63) is 113 Å². The number of methoxy groups -OCH3 is 1. The van der Waals surface area contributed by atoms with Gasteiger partial charge in [-0.3, -0.25) is 4.79 Å². The van der Waals surface area contributed by atoms with Crippen LogP contribution in [0.5, 0.6) is 28.7 Å². The van der Waals surface area contributed by atoms with Crippen LogP contribution >= 0.6 is 0 Å². The van der Waals surface area contributed by atoms with E-state index in [2.05, 4.69) is 0 Å². The van der Waals surface area contributed by atoms with Gasteiger partial charge in [-0.2, -0.15) is 0 Å². The van der Waals surface area contributed by atoms with E-state index in [-0.39, 0.29) is 24.6 Å². The highest BCUT2D eigenvalue weighted by Gasteiger charge is 2.37. The first kappa shape index (κ1) is 26.6. The molecule has 7 nitrogen and oxygen atoms in total. The van der Waals surface area contributed by atoms with Crippen molar-refractivity contribution < 1.29 is 33.2 Å². The Hall–Kier alpha value is -4.65. The van der Waals surface area contributed by atoms with Crippen molar-refractivity contribution in [1.29, 1.82) is 0 Å². The van der Waals surface area contributed by atoms with Crippen LogP contribution in [-0.2, 0) is 35.6 Å². The predicted molar refractivity (Wildman–Crippen MR) is 152 cm³/mol. The highest BCUT2D eigenvalue weighted by molar-refractivity contribution is 5.75. The van der Waals surface area contributed by atoms with Crippen LogP contribution in [0.3, 0.4) is 0 Å². The van der Waals surface area contributed by atoms with Crippen LogP contribution in [0.2, 0.25) is 0 Å². The molecule has 6 rings (SSSR count). The topological polar surface area (TPSA) is 72.5 Å². The lowest BCUT2D eigenvalue weighted by Gasteiger charge is -2.20. The molecule has 0 bridgehead atoms. The van der Waals surface area contributed by atoms with Gasteiger partial charge in [-0.15, -0.1) is 0 Å². The Kier molecular flexibility index (Phi) is 7.94. The molecule has 0 aliphatic carbocycles. The fraction of sp³-hybridized carbons (Fsp3) is 0.265. The highest BCUT2D eigenvalue weighted by Crippen LogP contribution is 2.42. The van der Waals surface area contributed by atoms with Gasteiger partial charge in [0.1, 0.15) is 13.2 Å². The smallest absolute Gasteiger partial charge is 0.309 e. The number of esters is 1. The molecule has 1 saturated heterocycles. The number of carbonyl (C=O) groups excluding carboxylic acids is 1. The molecule has 0 spiro atoms. The molecular weight excluding hydrogens is 520 g/mol. The Morgan fingerprint density at radius 3 is 2.10 bits per heavy atom. The molecule has 0 N–H and O–H groups in total. The summed E-state index contributed by atoms with van der Waals surface area (Å²) < 4.78 is 34.8. The number of hydrogen-bond acceptors (Lipinski definition) is 7. The SMILES string of the molecule is COc1cc(CC2C(=O)OCC2Cc2ccc3c(c2)OCO3)cc(OCc2ccccc2)c1OCc1ccccc1. The third kappa shape index (κ3) is 6.24. The Morgan fingerprint density at radius 1 is 0.683 bits per heavy atom. The molecule has 4 aromatic carbocycles. The average Bonchev–Trinajstić information content (AvgIpc) is 3.62. The van der Waals surface area contributed by atoms with Gasteiger partial charge >= 0.3 is 5.97 Å². The molecular formula is C34H32O7. The van der Waals surface area contributed by atoms with E-state index in [4.69, 9.17) is 28.4 Å². The molecule has 4 aromatic rings. The number of cyclic esters (lactones) is 1. The summed E-state index contributed by atoms with van der Waals surface area (Å²) in [6.45, 7) is 1.34. The first-order valence-corrected chi connectivity index (χ1v) is 13.8. The normalized spacial score (nSPS) is 17.2. The zero-order valence-electron chi connectivity index (χ0n) is 22.9. The lowest BCUT2D eigenvalue weighted by Crippen LogP contribution is -2.20. The van der Waals surface area contributed by atoms with Crippen molar-refractivity contribution in [2.45, 2.75) is 26.1 Å². The van der Waals surface area contributed by atoms with E-state index in [1.165, 1.54) is 0 Å². The second-order valence-corrected chi connectivity index (χ2v) is 10.3. The van der Waals surface area contributed by atoms with E-state index in [0.29, 0.717) is 49.9 Å². The first-order valence-electron chi connectivity index (χ1n) is 13.8. The summed E-state index contributed by atoms with van der Waals surface area (Å²) in [4.78, 5) is 12.9. The van der Waals surface area contributed by atoms with Crippen LogP contribution in [0.4, 0.5) is 0 Å². The number of rotatable bonds is 11. The molecule has 2 aliphatic heterocycles. The molecule has 0 radical (unpaired) electrons. The third-order valence-corrected chi connectivity index (χ3v) is 7.47. The maximum atomic E-state index is 12.9. The summed E-state index contributed by atoms with van der Waals surface area (Å²) in [5.74, 6) is 2.67. The zero-order valence-corrected chi connectivity index (χ0v) is 22.9. The summed E-state index contributed by atoms with van der Waals surface area (Å²) in [5.41, 5.74) is 4.06. The number of ether oxygens (including phenoxy) is 6. The Labute approximate surface area is 239 Å². The monoisotopic (exact) mass is 552 g/mol. The van der Waals surface area contributed by atoms with Crippen LogP contribution in [0.25, 0.3) is 0 Å². The Balaban J connectivity index is 1.24. The molecule has 0 saturated carbocycles. The maximum absolute atomic E-state index is 12.9. The number of carbonyl (C=O) groups is 1. The second-order valence-electron chi connectivity index (χ2n) is 10.3. The van der Waals surface area contributed by atoms with E-state index in [9.17, 15) is 4.79 Å². The quantitative estimate of drug-likeness (QED) is 0.207. The summed E-state index contributed by atoms with van der Waals surface area (Å²) in [6, 6.07) is 29.7. The van der Waals surface area contributed by atoms with Gasteiger partial charge in [0, 0.05) is 5.92 Å². The molecule has 0 amide bonds. The summed E-state index contributed by atoms with van der Waals surface area (Å²) >= 11 is 0. The number of benzene rings is 4. The van der Waals surface area contributed by atoms with Crippen molar-refractivity contribution in [3.8, 4) is 28.7 Å². The predicted octanol–water partition coefficient (Wildman–Crippen LogP) is 6.16. The van der Waals surface area contributed by atoms with Gasteiger partial charge in [0.2, 0.25) is 12.5 Å². The molecule has 2 aliphatic rings. The van der Waals surface area contributed by atoms with Gasteiger partial charge in [-0.05, 0) is 59.4 Å². The molecule has 2 unspecified atom stereocenters. The molecule has 0 aromatic heterocycles. The Bertz CT molecular complexity index is 1490. The van der Waals surface area contributed by atoms with Crippen molar-refractivity contribution in [2.75, 3.05) is 20.5 Å². The lowest BCUT2D eigenvalue weighted by atomic mass is 9.85. The molecule has 1 fully saturated rings. The third-order valence-electron chi connectivity index (χ3n) is 7.47. The summed E-state index contributed by atoms with van der Waals surface area (Å²) in [5, 5.41) is 0. The van der Waals surface area contributed by atoms with Crippen LogP contribution in [-0.4, -0.2) is 26.5 Å². The summed E-state index contributed by atoms with van der Waals surface area (Å²) in [7, 11) is 1.61. The van der Waals surface area contributed by atoms with E-state index in [1.807, 2.05) is 91.0 Å². The molecule has 41 heavy (non-hydrogen) atoms. The van der Waals surface area contributed by atoms with Crippen LogP contribution in [0.15, 0.2) is 91.0 Å². The lowest BCUT2D eigenvalue weighted by molar-refractivity contribution is -0.141. The van der Waals surface area contributed by atoms with Gasteiger partial charge in [0.25, 0.3) is 0 Å². The first-order chi connectivity index (χ1) is 20.2. The molecule has 2 heterocycles. The van der Waals surface area contributed by atoms with E-state index < -0.39 is 0 Å². The van der Waals surface area contributed by atoms with Crippen molar-refractivity contribution in [1.82, 2.24) is 0 Å². The van der Waals surface area contributed by atoms with Crippen LogP contribution in [0, 0.1) is 11.8 Å². The fourth-order valence-corrected chi connectivity index (χ4v) is 5.30. The van der Waals surface area contributed by atoms with Gasteiger partial charge in [0.05, 0.1) is 19.6 Å². The maximum Gasteiger partial charge on any atom is 0.309 e. The van der Waals surface area contributed by atoms with Gasteiger partial charge in [-0.1, -0.05) is 66.7 Å². The minimum absolute atomic E-state index is 0.0246. The van der Waals surface area contributed by atoms with Crippen LogP contribution in [0.1, 0.15) is 22.3 Å². The fourth-order valence-electron chi connectivity index (χ4n) is 5.30. The van der Waals surface area contributed by atoms with Crippen molar-refractivity contribution in [2.24, 2.45) is 11.8 Å². The minimum atomic E-state index is -0.303. The van der Waals surface area contributed by atoms with E-state index in [0.717, 1.165) is 33.8 Å². The van der Waals surface area contributed by atoms with Gasteiger partial charge in [-0.25, -0.2) is 0 Å². The largest absolute Gasteiger partial charge is 0.493 e. The molecule has 7 heteroatoms. The van der Waals surface area contributed by atoms with Gasteiger partial charge in [0.15, 0.2) is 23.0 Å². The highest BCUT2D eigenvalue weighted by atomic mass is 16.7. The van der Waals surface area contributed by atoms with Crippen molar-refractivity contribution in [3.63, 3.8) is 0 Å². The molecule has 2 atom stereocenters. The average molecular weight is 553 g/mol. The molecule has 210 valence electrons. The number of fused-ring (bicyclic) bond motifs is 1. The number of hydrogen-bond donors (Lipinski definition) is 0. The minimum Gasteiger partial charge on any atom is -0.493 e.